The van der Waals surface area contributed by atoms with Crippen LogP contribution in [0.2, 0.25) is 5.02 Å². The van der Waals surface area contributed by atoms with Crippen LogP contribution >= 0.6 is 22.9 Å². The highest BCUT2D eigenvalue weighted by Crippen LogP contribution is 2.25. The third kappa shape index (κ3) is 4.15. The number of thiazole rings is 1. The lowest BCUT2D eigenvalue weighted by molar-refractivity contribution is -0.126. The second kappa shape index (κ2) is 6.73. The van der Waals surface area contributed by atoms with Crippen LogP contribution in [0.1, 0.15) is 31.7 Å². The summed E-state index contributed by atoms with van der Waals surface area (Å²) in [5.74, 6) is -0.103. The number of nitrogens with zero attached hydrogens (tertiary/aromatic N) is 1. The summed E-state index contributed by atoms with van der Waals surface area (Å²) in [5, 5.41) is 4.56. The quantitative estimate of drug-likeness (QED) is 0.857. The largest absolute Gasteiger partial charge is 0.354 e. The average Bonchev–Trinajstić information content (AvgIpc) is 2.80. The summed E-state index contributed by atoms with van der Waals surface area (Å²) in [6.07, 6.45) is 2.27. The number of nitrogens with two attached hydrogens (primary N) is 1. The number of halogens is 1. The van der Waals surface area contributed by atoms with Crippen LogP contribution in [0.15, 0.2) is 18.2 Å². The summed E-state index contributed by atoms with van der Waals surface area (Å²) >= 11 is 7.57. The minimum atomic E-state index is -0.796. The summed E-state index contributed by atoms with van der Waals surface area (Å²) in [4.78, 5) is 16.5. The van der Waals surface area contributed by atoms with Crippen molar-refractivity contribution < 1.29 is 4.79 Å². The third-order valence-corrected chi connectivity index (χ3v) is 4.64. The first-order valence-electron chi connectivity index (χ1n) is 7.04. The van der Waals surface area contributed by atoms with Gasteiger partial charge in [-0.2, -0.15) is 0 Å². The zero-order chi connectivity index (χ0) is 15.5. The Bertz CT molecular complexity index is 639. The third-order valence-electron chi connectivity index (χ3n) is 3.31. The molecule has 3 N–H and O–H groups in total. The van der Waals surface area contributed by atoms with Crippen LogP contribution in [0.4, 0.5) is 0 Å². The first-order chi connectivity index (χ1) is 9.92. The molecule has 1 aromatic heterocycles. The van der Waals surface area contributed by atoms with Crippen molar-refractivity contribution in [3.05, 3.63) is 28.2 Å². The molecule has 6 heteroatoms. The standard InChI is InChI=1S/C15H20ClN3OS/c1-3-7-15(2,17)14(20)18-8-6-13-19-11-9-10(16)4-5-12(11)21-13/h4-5,9H,3,6-8,17H2,1-2H3,(H,18,20). The molecule has 2 rings (SSSR count). The fourth-order valence-corrected chi connectivity index (χ4v) is 3.29. The zero-order valence-corrected chi connectivity index (χ0v) is 13.9. The molecule has 0 aliphatic carbocycles. The van der Waals surface area contributed by atoms with Gasteiger partial charge in [0.25, 0.3) is 0 Å². The maximum absolute atomic E-state index is 12.0. The number of carbonyl (C=O) groups excluding carboxylic acids is 1. The SMILES string of the molecule is CCCC(C)(N)C(=O)NCCc1nc2cc(Cl)ccc2s1. The Labute approximate surface area is 133 Å². The predicted molar refractivity (Wildman–Crippen MR) is 88.8 cm³/mol. The number of aromatic nitrogens is 1. The van der Waals surface area contributed by atoms with Gasteiger partial charge in [0.15, 0.2) is 0 Å². The lowest BCUT2D eigenvalue weighted by atomic mass is 9.96. The van der Waals surface area contributed by atoms with Crippen molar-refractivity contribution in [1.82, 2.24) is 10.3 Å². The molecule has 0 saturated carbocycles. The first kappa shape index (κ1) is 16.2. The van der Waals surface area contributed by atoms with E-state index in [2.05, 4.69) is 10.3 Å². The van der Waals surface area contributed by atoms with E-state index < -0.39 is 5.54 Å². The van der Waals surface area contributed by atoms with Gasteiger partial charge in [0.1, 0.15) is 0 Å². The van der Waals surface area contributed by atoms with Gasteiger partial charge in [0.05, 0.1) is 20.8 Å². The Morgan fingerprint density at radius 3 is 3.00 bits per heavy atom. The van der Waals surface area contributed by atoms with Crippen molar-refractivity contribution in [2.24, 2.45) is 5.73 Å². The number of hydrogen-bond donors (Lipinski definition) is 2. The molecule has 1 amide bonds. The smallest absolute Gasteiger partial charge is 0.239 e. The molecule has 0 aliphatic heterocycles. The fourth-order valence-electron chi connectivity index (χ4n) is 2.17. The molecule has 1 aromatic carbocycles. The molecule has 21 heavy (non-hydrogen) atoms. The number of carbonyl (C=O) groups is 1. The van der Waals surface area contributed by atoms with E-state index >= 15 is 0 Å². The number of amides is 1. The maximum atomic E-state index is 12.0. The Kier molecular flexibility index (Phi) is 5.19. The summed E-state index contributed by atoms with van der Waals surface area (Å²) in [5.41, 5.74) is 6.10. The van der Waals surface area contributed by atoms with Crippen molar-refractivity contribution >= 4 is 39.1 Å². The van der Waals surface area contributed by atoms with Gasteiger partial charge in [-0.25, -0.2) is 4.98 Å². The lowest BCUT2D eigenvalue weighted by Gasteiger charge is -2.22. The van der Waals surface area contributed by atoms with E-state index in [-0.39, 0.29) is 5.91 Å². The summed E-state index contributed by atoms with van der Waals surface area (Å²) in [6, 6.07) is 5.68. The van der Waals surface area contributed by atoms with E-state index in [9.17, 15) is 4.79 Å². The van der Waals surface area contributed by atoms with Crippen molar-refractivity contribution in [1.29, 1.82) is 0 Å². The minimum absolute atomic E-state index is 0.103. The van der Waals surface area contributed by atoms with Crippen LogP contribution in [0.25, 0.3) is 10.2 Å². The van der Waals surface area contributed by atoms with Crippen molar-refractivity contribution in [2.45, 2.75) is 38.6 Å². The second-order valence-corrected chi connectivity index (χ2v) is 6.94. The van der Waals surface area contributed by atoms with E-state index in [1.807, 2.05) is 25.1 Å². The number of rotatable bonds is 6. The fraction of sp³-hybridized carbons (Fsp3) is 0.467. The number of hydrogen-bond acceptors (Lipinski definition) is 4. The van der Waals surface area contributed by atoms with Gasteiger partial charge in [-0.15, -0.1) is 11.3 Å². The molecule has 2 aromatic rings. The van der Waals surface area contributed by atoms with E-state index in [1.54, 1.807) is 18.3 Å². The molecule has 1 heterocycles. The molecule has 1 atom stereocenters. The van der Waals surface area contributed by atoms with E-state index in [0.29, 0.717) is 24.4 Å². The van der Waals surface area contributed by atoms with E-state index in [0.717, 1.165) is 21.6 Å². The van der Waals surface area contributed by atoms with Gasteiger partial charge < -0.3 is 11.1 Å². The van der Waals surface area contributed by atoms with E-state index in [1.165, 1.54) is 0 Å². The highest BCUT2D eigenvalue weighted by Gasteiger charge is 2.26. The molecule has 0 fully saturated rings. The Balaban J connectivity index is 1.92. The molecule has 0 bridgehead atoms. The second-order valence-electron chi connectivity index (χ2n) is 5.39. The number of nitrogens with one attached hydrogen (secondary N) is 1. The van der Waals surface area contributed by atoms with Crippen molar-refractivity contribution in [3.8, 4) is 0 Å². The van der Waals surface area contributed by atoms with Gasteiger partial charge in [-0.1, -0.05) is 24.9 Å². The summed E-state index contributed by atoms with van der Waals surface area (Å²) in [6.45, 7) is 4.33. The zero-order valence-electron chi connectivity index (χ0n) is 12.3. The van der Waals surface area contributed by atoms with Crippen LogP contribution < -0.4 is 11.1 Å². The van der Waals surface area contributed by atoms with Gasteiger partial charge in [-0.3, -0.25) is 4.79 Å². The first-order valence-corrected chi connectivity index (χ1v) is 8.24. The van der Waals surface area contributed by atoms with E-state index in [4.69, 9.17) is 17.3 Å². The van der Waals surface area contributed by atoms with Crippen LogP contribution in [0.5, 0.6) is 0 Å². The average molecular weight is 326 g/mol. The highest BCUT2D eigenvalue weighted by molar-refractivity contribution is 7.18. The lowest BCUT2D eigenvalue weighted by Crippen LogP contribution is -2.51. The number of benzene rings is 1. The molecule has 0 saturated heterocycles. The molecular weight excluding hydrogens is 306 g/mol. The molecule has 0 radical (unpaired) electrons. The minimum Gasteiger partial charge on any atom is -0.354 e. The molecule has 4 nitrogen and oxygen atoms in total. The van der Waals surface area contributed by atoms with Crippen molar-refractivity contribution in [2.75, 3.05) is 6.54 Å². The van der Waals surface area contributed by atoms with Crippen molar-refractivity contribution in [3.63, 3.8) is 0 Å². The molecule has 1 unspecified atom stereocenters. The van der Waals surface area contributed by atoms with Gasteiger partial charge >= 0.3 is 0 Å². The summed E-state index contributed by atoms with van der Waals surface area (Å²) < 4.78 is 1.11. The molecule has 0 aliphatic rings. The van der Waals surface area contributed by atoms with Gasteiger partial charge in [0, 0.05) is 18.0 Å². The van der Waals surface area contributed by atoms with Crippen LogP contribution in [0.3, 0.4) is 0 Å². The Morgan fingerprint density at radius 2 is 2.29 bits per heavy atom. The normalized spacial score (nSPS) is 14.1. The number of fused-ring (bicyclic) bond motifs is 1. The monoisotopic (exact) mass is 325 g/mol. The molecule has 0 spiro atoms. The Hall–Kier alpha value is -1.17. The molecular formula is C15H20ClN3OS. The van der Waals surface area contributed by atoms with Crippen LogP contribution in [-0.4, -0.2) is 23.0 Å². The summed E-state index contributed by atoms with van der Waals surface area (Å²) in [7, 11) is 0. The Morgan fingerprint density at radius 1 is 1.52 bits per heavy atom. The maximum Gasteiger partial charge on any atom is 0.239 e. The van der Waals surface area contributed by atoms with Crippen LogP contribution in [0, 0.1) is 0 Å². The van der Waals surface area contributed by atoms with Crippen LogP contribution in [-0.2, 0) is 11.2 Å². The topological polar surface area (TPSA) is 68.0 Å². The van der Waals surface area contributed by atoms with Gasteiger partial charge in [0.2, 0.25) is 5.91 Å². The highest BCUT2D eigenvalue weighted by atomic mass is 35.5. The predicted octanol–water partition coefficient (Wildman–Crippen LogP) is 3.13. The molecule has 114 valence electrons. The van der Waals surface area contributed by atoms with Gasteiger partial charge in [-0.05, 0) is 31.5 Å².